The Hall–Kier alpha value is -0.570. The number of nitrogens with one attached hydrogen (secondary N) is 1. The fourth-order valence-electron chi connectivity index (χ4n) is 3.39. The van der Waals surface area contributed by atoms with Gasteiger partial charge in [0.15, 0.2) is 0 Å². The lowest BCUT2D eigenvalue weighted by atomic mass is 10.0. The molecule has 0 aliphatic heterocycles. The zero-order valence-electron chi connectivity index (χ0n) is 18.0. The number of hydrogen-bond donors (Lipinski definition) is 2. The first-order valence-electron chi connectivity index (χ1n) is 11.5. The molecule has 0 bridgehead atoms. The molecule has 0 rings (SSSR count). The van der Waals surface area contributed by atoms with E-state index in [0.717, 1.165) is 38.0 Å². The molecule has 1 atom stereocenters. The van der Waals surface area contributed by atoms with Gasteiger partial charge < -0.3 is 10.4 Å². The second kappa shape index (κ2) is 19.2. The average Bonchev–Trinajstić information content (AvgIpc) is 2.62. The average molecular weight is 370 g/mol. The lowest BCUT2D eigenvalue weighted by Gasteiger charge is -2.15. The van der Waals surface area contributed by atoms with Gasteiger partial charge in [0.25, 0.3) is 0 Å². The van der Waals surface area contributed by atoms with Crippen LogP contribution in [-0.2, 0) is 4.79 Å². The number of aliphatic hydroxyl groups is 1. The van der Waals surface area contributed by atoms with E-state index in [0.29, 0.717) is 6.42 Å². The van der Waals surface area contributed by atoms with Crippen LogP contribution in [-0.4, -0.2) is 23.7 Å². The third-order valence-corrected chi connectivity index (χ3v) is 5.18. The number of carbonyl (C=O) groups excluding carboxylic acids is 1. The quantitative estimate of drug-likeness (QED) is 0.259. The molecule has 0 saturated heterocycles. The van der Waals surface area contributed by atoms with Gasteiger partial charge >= 0.3 is 0 Å². The van der Waals surface area contributed by atoms with Crippen LogP contribution in [0.15, 0.2) is 0 Å². The molecule has 0 aliphatic rings. The molecule has 0 saturated carbocycles. The van der Waals surface area contributed by atoms with Gasteiger partial charge in [-0.2, -0.15) is 0 Å². The zero-order valence-corrected chi connectivity index (χ0v) is 18.0. The third-order valence-electron chi connectivity index (χ3n) is 5.18. The summed E-state index contributed by atoms with van der Waals surface area (Å²) in [5, 5.41) is 12.2. The lowest BCUT2D eigenvalue weighted by Crippen LogP contribution is -2.37. The molecule has 0 spiro atoms. The minimum Gasteiger partial charge on any atom is -0.394 e. The first kappa shape index (κ1) is 25.4. The van der Waals surface area contributed by atoms with Crippen LogP contribution in [0.1, 0.15) is 124 Å². The number of aliphatic hydroxyl groups excluding tert-OH is 1. The summed E-state index contributed by atoms with van der Waals surface area (Å²) >= 11 is 0. The molecule has 1 unspecified atom stereocenters. The van der Waals surface area contributed by atoms with E-state index < -0.39 is 0 Å². The van der Waals surface area contributed by atoms with Crippen LogP contribution in [0, 0.1) is 5.92 Å². The van der Waals surface area contributed by atoms with E-state index in [1.807, 2.05) is 0 Å². The molecular formula is C23H47NO2. The molecule has 26 heavy (non-hydrogen) atoms. The Morgan fingerprint density at radius 3 is 1.73 bits per heavy atom. The Kier molecular flexibility index (Phi) is 18.8. The predicted octanol–water partition coefficient (Wildman–Crippen LogP) is 6.38. The van der Waals surface area contributed by atoms with Crippen molar-refractivity contribution in [2.45, 2.75) is 130 Å². The summed E-state index contributed by atoms with van der Waals surface area (Å²) in [5.74, 6) is 0.968. The Morgan fingerprint density at radius 1 is 0.769 bits per heavy atom. The molecule has 0 fully saturated rings. The van der Waals surface area contributed by atoms with Crippen LogP contribution >= 0.6 is 0 Å². The molecule has 0 aliphatic carbocycles. The smallest absolute Gasteiger partial charge is 0.220 e. The summed E-state index contributed by atoms with van der Waals surface area (Å²) < 4.78 is 0. The SMILES string of the molecule is CCCCC(CO)NC(=O)CCCCCCCCCCCCCC(C)C. The van der Waals surface area contributed by atoms with Gasteiger partial charge in [0.05, 0.1) is 12.6 Å². The summed E-state index contributed by atoms with van der Waals surface area (Å²) in [6.45, 7) is 6.81. The fraction of sp³-hybridized carbons (Fsp3) is 0.957. The summed E-state index contributed by atoms with van der Waals surface area (Å²) in [5.41, 5.74) is 0. The van der Waals surface area contributed by atoms with E-state index in [-0.39, 0.29) is 18.6 Å². The molecular weight excluding hydrogens is 322 g/mol. The summed E-state index contributed by atoms with van der Waals surface area (Å²) in [6.07, 6.45) is 19.5. The number of amides is 1. The van der Waals surface area contributed by atoms with Gasteiger partial charge in [-0.1, -0.05) is 104 Å². The van der Waals surface area contributed by atoms with Gasteiger partial charge in [0.2, 0.25) is 5.91 Å². The van der Waals surface area contributed by atoms with E-state index in [4.69, 9.17) is 0 Å². The van der Waals surface area contributed by atoms with Crippen molar-refractivity contribution in [3.05, 3.63) is 0 Å². The maximum Gasteiger partial charge on any atom is 0.220 e. The van der Waals surface area contributed by atoms with Crippen molar-refractivity contribution in [2.75, 3.05) is 6.61 Å². The van der Waals surface area contributed by atoms with Gasteiger partial charge in [-0.05, 0) is 18.8 Å². The molecule has 2 N–H and O–H groups in total. The second-order valence-electron chi connectivity index (χ2n) is 8.41. The highest BCUT2D eigenvalue weighted by Crippen LogP contribution is 2.14. The fourth-order valence-corrected chi connectivity index (χ4v) is 3.39. The van der Waals surface area contributed by atoms with Crippen molar-refractivity contribution in [2.24, 2.45) is 5.92 Å². The number of rotatable bonds is 19. The molecule has 0 radical (unpaired) electrons. The van der Waals surface area contributed by atoms with Crippen molar-refractivity contribution < 1.29 is 9.90 Å². The Bertz CT molecular complexity index is 305. The third kappa shape index (κ3) is 18.2. The molecule has 0 heterocycles. The topological polar surface area (TPSA) is 49.3 Å². The van der Waals surface area contributed by atoms with Crippen LogP contribution < -0.4 is 5.32 Å². The predicted molar refractivity (Wildman–Crippen MR) is 113 cm³/mol. The van der Waals surface area contributed by atoms with Crippen LogP contribution in [0.2, 0.25) is 0 Å². The van der Waals surface area contributed by atoms with Gasteiger partial charge in [0, 0.05) is 6.42 Å². The van der Waals surface area contributed by atoms with Crippen molar-refractivity contribution in [1.29, 1.82) is 0 Å². The molecule has 0 aromatic carbocycles. The Balaban J connectivity index is 3.31. The van der Waals surface area contributed by atoms with Gasteiger partial charge in [-0.15, -0.1) is 0 Å². The van der Waals surface area contributed by atoms with E-state index >= 15 is 0 Å². The van der Waals surface area contributed by atoms with E-state index in [2.05, 4.69) is 26.1 Å². The summed E-state index contributed by atoms with van der Waals surface area (Å²) in [6, 6.07) is -0.0483. The van der Waals surface area contributed by atoms with E-state index in [9.17, 15) is 9.90 Å². The van der Waals surface area contributed by atoms with Crippen molar-refractivity contribution in [1.82, 2.24) is 5.32 Å². The minimum absolute atomic E-state index is 0.0483. The van der Waals surface area contributed by atoms with Crippen LogP contribution in [0.3, 0.4) is 0 Å². The van der Waals surface area contributed by atoms with Crippen LogP contribution in [0.4, 0.5) is 0 Å². The van der Waals surface area contributed by atoms with E-state index in [1.165, 1.54) is 64.2 Å². The Morgan fingerprint density at radius 2 is 1.27 bits per heavy atom. The largest absolute Gasteiger partial charge is 0.394 e. The first-order chi connectivity index (χ1) is 12.6. The molecule has 3 heteroatoms. The maximum absolute atomic E-state index is 11.9. The standard InChI is InChI=1S/C23H47NO2/c1-4-5-18-22(20-25)24-23(26)19-16-14-12-10-8-6-7-9-11-13-15-17-21(2)3/h21-22,25H,4-20H2,1-3H3,(H,24,26). The van der Waals surface area contributed by atoms with Crippen LogP contribution in [0.25, 0.3) is 0 Å². The van der Waals surface area contributed by atoms with E-state index in [1.54, 1.807) is 0 Å². The highest BCUT2D eigenvalue weighted by Gasteiger charge is 2.10. The number of hydrogen-bond acceptors (Lipinski definition) is 2. The summed E-state index contributed by atoms with van der Waals surface area (Å²) in [4.78, 5) is 11.9. The Labute approximate surface area is 163 Å². The second-order valence-corrected chi connectivity index (χ2v) is 8.41. The number of carbonyl (C=O) groups is 1. The summed E-state index contributed by atoms with van der Waals surface area (Å²) in [7, 11) is 0. The zero-order chi connectivity index (χ0) is 19.5. The van der Waals surface area contributed by atoms with Crippen LogP contribution in [0.5, 0.6) is 0 Å². The molecule has 0 aromatic heterocycles. The molecule has 1 amide bonds. The highest BCUT2D eigenvalue weighted by atomic mass is 16.3. The van der Waals surface area contributed by atoms with Crippen molar-refractivity contribution >= 4 is 5.91 Å². The van der Waals surface area contributed by atoms with Gasteiger partial charge in [-0.3, -0.25) is 4.79 Å². The maximum atomic E-state index is 11.9. The normalized spacial score (nSPS) is 12.5. The first-order valence-corrected chi connectivity index (χ1v) is 11.5. The molecule has 156 valence electrons. The monoisotopic (exact) mass is 369 g/mol. The minimum atomic E-state index is -0.0483. The van der Waals surface area contributed by atoms with Gasteiger partial charge in [-0.25, -0.2) is 0 Å². The van der Waals surface area contributed by atoms with Crippen molar-refractivity contribution in [3.63, 3.8) is 0 Å². The van der Waals surface area contributed by atoms with Crippen molar-refractivity contribution in [3.8, 4) is 0 Å². The lowest BCUT2D eigenvalue weighted by molar-refractivity contribution is -0.122. The molecule has 3 nitrogen and oxygen atoms in total. The van der Waals surface area contributed by atoms with Gasteiger partial charge in [0.1, 0.15) is 0 Å². The number of unbranched alkanes of at least 4 members (excludes halogenated alkanes) is 11. The highest BCUT2D eigenvalue weighted by molar-refractivity contribution is 5.76. The molecule has 0 aromatic rings.